The average Bonchev–Trinajstić information content (AvgIpc) is 3.52. The summed E-state index contributed by atoms with van der Waals surface area (Å²) >= 11 is 0. The Labute approximate surface area is 160 Å². The fourth-order valence-electron chi connectivity index (χ4n) is 3.50. The monoisotopic (exact) mass is 372 g/mol. The Bertz CT molecular complexity index is 1150. The molecule has 138 valence electrons. The van der Waals surface area contributed by atoms with Gasteiger partial charge in [-0.25, -0.2) is 4.79 Å². The molecule has 0 spiro atoms. The summed E-state index contributed by atoms with van der Waals surface area (Å²) in [6.45, 7) is 1.92. The second-order valence-corrected chi connectivity index (χ2v) is 7.22. The van der Waals surface area contributed by atoms with Crippen molar-refractivity contribution in [3.8, 4) is 0 Å². The van der Waals surface area contributed by atoms with Gasteiger partial charge in [0.25, 0.3) is 11.8 Å². The molecule has 6 nitrogen and oxygen atoms in total. The number of carbonyl (C=O) groups excluding carboxylic acids is 3. The van der Waals surface area contributed by atoms with Gasteiger partial charge in [-0.2, -0.15) is 0 Å². The summed E-state index contributed by atoms with van der Waals surface area (Å²) in [4.78, 5) is 47.9. The van der Waals surface area contributed by atoms with Crippen molar-refractivity contribution >= 4 is 28.7 Å². The molecule has 1 fully saturated rings. The van der Waals surface area contributed by atoms with Gasteiger partial charge in [0.1, 0.15) is 0 Å². The molecule has 0 radical (unpaired) electrons. The zero-order chi connectivity index (χ0) is 19.4. The largest absolute Gasteiger partial charge is 0.364 e. The Morgan fingerprint density at radius 2 is 1.71 bits per heavy atom. The van der Waals surface area contributed by atoms with Gasteiger partial charge in [0.15, 0.2) is 0 Å². The molecule has 2 amide bonds. The minimum atomic E-state index is -0.741. The molecule has 6 heteroatoms. The number of fused-ring (bicyclic) bond motifs is 2. The normalized spacial score (nSPS) is 15.8. The van der Waals surface area contributed by atoms with E-state index in [0.717, 1.165) is 24.1 Å². The highest BCUT2D eigenvalue weighted by Crippen LogP contribution is 2.40. The Morgan fingerprint density at radius 3 is 2.36 bits per heavy atom. The van der Waals surface area contributed by atoms with Crippen LogP contribution in [0, 0.1) is 6.92 Å². The first kappa shape index (κ1) is 16.6. The van der Waals surface area contributed by atoms with Crippen molar-refractivity contribution in [3.63, 3.8) is 0 Å². The topological polar surface area (TPSA) is 76.6 Å². The van der Waals surface area contributed by atoms with Crippen LogP contribution in [-0.2, 0) is 4.84 Å². The third-order valence-corrected chi connectivity index (χ3v) is 5.13. The number of rotatable bonds is 3. The van der Waals surface area contributed by atoms with Gasteiger partial charge in [-0.15, -0.1) is 0 Å². The molecular formula is C22H16N2O4. The van der Waals surface area contributed by atoms with Crippen molar-refractivity contribution in [1.29, 1.82) is 0 Å². The lowest BCUT2D eigenvalue weighted by atomic mass is 10.0. The molecule has 2 aromatic carbocycles. The maximum Gasteiger partial charge on any atom is 0.364 e. The van der Waals surface area contributed by atoms with Crippen LogP contribution in [0.25, 0.3) is 10.9 Å². The first-order chi connectivity index (χ1) is 13.5. The van der Waals surface area contributed by atoms with Crippen LogP contribution in [-0.4, -0.2) is 27.8 Å². The van der Waals surface area contributed by atoms with E-state index < -0.39 is 17.8 Å². The molecule has 0 N–H and O–H groups in total. The van der Waals surface area contributed by atoms with Crippen molar-refractivity contribution in [2.45, 2.75) is 25.7 Å². The number of hydrogen-bond acceptors (Lipinski definition) is 5. The third kappa shape index (κ3) is 2.57. The van der Waals surface area contributed by atoms with Crippen LogP contribution in [0.15, 0.2) is 48.5 Å². The van der Waals surface area contributed by atoms with Crippen LogP contribution in [0.2, 0.25) is 0 Å². The van der Waals surface area contributed by atoms with Gasteiger partial charge in [0.05, 0.1) is 22.2 Å². The summed E-state index contributed by atoms with van der Waals surface area (Å²) in [5.41, 5.74) is 3.29. The van der Waals surface area contributed by atoms with E-state index in [0.29, 0.717) is 27.4 Å². The quantitative estimate of drug-likeness (QED) is 0.654. The minimum Gasteiger partial charge on any atom is -0.324 e. The van der Waals surface area contributed by atoms with Gasteiger partial charge in [-0.3, -0.25) is 14.6 Å². The lowest BCUT2D eigenvalue weighted by Gasteiger charge is -2.14. The lowest BCUT2D eigenvalue weighted by molar-refractivity contribution is -0.0583. The number of pyridine rings is 1. The van der Waals surface area contributed by atoms with Crippen molar-refractivity contribution in [2.24, 2.45) is 0 Å². The van der Waals surface area contributed by atoms with Gasteiger partial charge in [0, 0.05) is 17.0 Å². The predicted molar refractivity (Wildman–Crippen MR) is 101 cm³/mol. The summed E-state index contributed by atoms with van der Waals surface area (Å²) in [7, 11) is 0. The highest BCUT2D eigenvalue weighted by atomic mass is 16.7. The molecule has 28 heavy (non-hydrogen) atoms. The molecule has 3 aromatic rings. The number of aryl methyl sites for hydroxylation is 1. The Kier molecular flexibility index (Phi) is 3.55. The van der Waals surface area contributed by atoms with Crippen LogP contribution >= 0.6 is 0 Å². The fourth-order valence-corrected chi connectivity index (χ4v) is 3.50. The third-order valence-electron chi connectivity index (χ3n) is 5.13. The van der Waals surface area contributed by atoms with Crippen LogP contribution in [0.4, 0.5) is 0 Å². The molecule has 0 bridgehead atoms. The number of nitrogens with zero attached hydrogens (tertiary/aromatic N) is 2. The van der Waals surface area contributed by atoms with E-state index in [9.17, 15) is 14.4 Å². The predicted octanol–water partition coefficient (Wildman–Crippen LogP) is 3.79. The Hall–Kier alpha value is -3.54. The van der Waals surface area contributed by atoms with Crippen LogP contribution in [0.5, 0.6) is 0 Å². The highest BCUT2D eigenvalue weighted by molar-refractivity contribution is 6.21. The van der Waals surface area contributed by atoms with E-state index in [-0.39, 0.29) is 11.1 Å². The number of carbonyl (C=O) groups is 3. The van der Waals surface area contributed by atoms with Crippen molar-refractivity contribution in [1.82, 2.24) is 10.0 Å². The number of aromatic nitrogens is 1. The van der Waals surface area contributed by atoms with E-state index >= 15 is 0 Å². The number of hydroxylamine groups is 2. The molecule has 0 unspecified atom stereocenters. The fraction of sp³-hybridized carbons (Fsp3) is 0.182. The Morgan fingerprint density at radius 1 is 1.04 bits per heavy atom. The molecule has 5 rings (SSSR count). The van der Waals surface area contributed by atoms with Gasteiger partial charge in [-0.05, 0) is 50.1 Å². The van der Waals surface area contributed by atoms with Gasteiger partial charge in [0.2, 0.25) is 0 Å². The summed E-state index contributed by atoms with van der Waals surface area (Å²) in [5, 5.41) is 1.19. The summed E-state index contributed by atoms with van der Waals surface area (Å²) < 4.78 is 0. The SMILES string of the molecule is Cc1ccc2nc(C3CC3)cc(C(=O)ON3C(=O)c4ccccc4C3=O)c2c1. The van der Waals surface area contributed by atoms with E-state index in [1.165, 1.54) is 0 Å². The molecular weight excluding hydrogens is 356 g/mol. The van der Waals surface area contributed by atoms with Gasteiger partial charge in [-0.1, -0.05) is 28.8 Å². The first-order valence-corrected chi connectivity index (χ1v) is 9.14. The first-order valence-electron chi connectivity index (χ1n) is 9.14. The van der Waals surface area contributed by atoms with Crippen molar-refractivity contribution in [3.05, 3.63) is 76.5 Å². The van der Waals surface area contributed by atoms with E-state index in [4.69, 9.17) is 4.84 Å². The zero-order valence-corrected chi connectivity index (χ0v) is 15.1. The molecule has 2 aliphatic rings. The maximum absolute atomic E-state index is 13.0. The summed E-state index contributed by atoms with van der Waals surface area (Å²) in [6.07, 6.45) is 2.08. The smallest absolute Gasteiger partial charge is 0.324 e. The van der Waals surface area contributed by atoms with Crippen LogP contribution in [0.3, 0.4) is 0 Å². The second kappa shape index (κ2) is 5.99. The number of hydrogen-bond donors (Lipinski definition) is 0. The van der Waals surface area contributed by atoms with E-state index in [1.807, 2.05) is 25.1 Å². The second-order valence-electron chi connectivity index (χ2n) is 7.22. The Balaban J connectivity index is 1.54. The molecule has 1 aliphatic carbocycles. The van der Waals surface area contributed by atoms with Crippen molar-refractivity contribution in [2.75, 3.05) is 0 Å². The van der Waals surface area contributed by atoms with Crippen LogP contribution < -0.4 is 0 Å². The number of imide groups is 1. The van der Waals surface area contributed by atoms with Gasteiger partial charge < -0.3 is 4.84 Å². The number of benzene rings is 2. The standard InChI is InChI=1S/C22H16N2O4/c1-12-6-9-18-16(10-12)17(11-19(23-18)13-7-8-13)22(27)28-24-20(25)14-4-2-3-5-15(14)21(24)26/h2-6,9-11,13H,7-8H2,1H3. The molecule has 1 aromatic heterocycles. The summed E-state index contributed by atoms with van der Waals surface area (Å²) in [6, 6.07) is 13.8. The molecule has 1 saturated carbocycles. The maximum atomic E-state index is 13.0. The average molecular weight is 372 g/mol. The van der Waals surface area contributed by atoms with E-state index in [1.54, 1.807) is 30.3 Å². The van der Waals surface area contributed by atoms with Crippen molar-refractivity contribution < 1.29 is 19.2 Å². The van der Waals surface area contributed by atoms with Gasteiger partial charge >= 0.3 is 5.97 Å². The van der Waals surface area contributed by atoms with E-state index in [2.05, 4.69) is 4.98 Å². The summed E-state index contributed by atoms with van der Waals surface area (Å²) in [5.74, 6) is -1.66. The van der Waals surface area contributed by atoms with Crippen LogP contribution in [0.1, 0.15) is 61.1 Å². The highest BCUT2D eigenvalue weighted by Gasteiger charge is 2.39. The number of amides is 2. The molecule has 2 heterocycles. The molecule has 1 aliphatic heterocycles. The molecule has 0 atom stereocenters. The lowest BCUT2D eigenvalue weighted by Crippen LogP contribution is -2.32. The minimum absolute atomic E-state index is 0.231. The molecule has 0 saturated heterocycles. The zero-order valence-electron chi connectivity index (χ0n) is 15.1.